The number of unbranched alkanes of at least 4 members (excludes halogenated alkanes) is 1. The first kappa shape index (κ1) is 92.4. The number of hydrogen-bond donors (Lipinski definition) is 28. The molecule has 0 radical (unpaired) electrons. The van der Waals surface area contributed by atoms with Crippen LogP contribution in [0.1, 0.15) is 71.6 Å². The number of carboxylic acids is 2. The van der Waals surface area contributed by atoms with Gasteiger partial charge in [-0.1, -0.05) is 0 Å². The average Bonchev–Trinajstić information content (AvgIpc) is 1.74. The van der Waals surface area contributed by atoms with Crippen LogP contribution in [0.2, 0.25) is 0 Å². The highest BCUT2D eigenvalue weighted by Crippen LogP contribution is 2.20. The Labute approximate surface area is 597 Å². The summed E-state index contributed by atoms with van der Waals surface area (Å²) >= 11 is 0. The number of aliphatic carboxylic acids is 2. The molecule has 0 saturated carbocycles. The molecule has 592 valence electrons. The molecule has 1 aliphatic rings. The van der Waals surface area contributed by atoms with Gasteiger partial charge >= 0.3 is 11.9 Å². The van der Waals surface area contributed by atoms with Crippen molar-refractivity contribution in [2.75, 3.05) is 91.9 Å². The Bertz CT molecular complexity index is 3050. The molecule has 0 spiro atoms. The first-order valence-electron chi connectivity index (χ1n) is 32.5. The summed E-state index contributed by atoms with van der Waals surface area (Å²) in [5.41, 5.74) is 21.5. The van der Waals surface area contributed by atoms with E-state index in [1.54, 1.807) is 0 Å². The molecule has 0 aliphatic carbocycles. The molecule has 0 aromatic heterocycles. The van der Waals surface area contributed by atoms with Gasteiger partial charge in [-0.25, -0.2) is 0 Å². The van der Waals surface area contributed by atoms with Crippen molar-refractivity contribution in [1.29, 1.82) is 0 Å². The molecular formula is C57H97N21O27. The number of nitrogens with one attached hydrogen (secondary N) is 15. The van der Waals surface area contributed by atoms with Gasteiger partial charge in [0.15, 0.2) is 5.96 Å². The molecule has 32 N–H and O–H groups in total. The second kappa shape index (κ2) is 49.1. The maximum absolute atomic E-state index is 14.2. The summed E-state index contributed by atoms with van der Waals surface area (Å²) in [6.45, 7) is -8.48. The van der Waals surface area contributed by atoms with Gasteiger partial charge < -0.3 is 154 Å². The van der Waals surface area contributed by atoms with Crippen molar-refractivity contribution in [3.05, 3.63) is 0 Å². The number of carboxylic acid groups (broad SMARTS) is 2. The van der Waals surface area contributed by atoms with Gasteiger partial charge in [0.05, 0.1) is 78.0 Å². The van der Waals surface area contributed by atoms with Crippen LogP contribution < -0.4 is 103 Å². The highest BCUT2D eigenvalue weighted by molar-refractivity contribution is 6.00. The van der Waals surface area contributed by atoms with Gasteiger partial charge in [0.1, 0.15) is 73.0 Å². The zero-order valence-electron chi connectivity index (χ0n) is 57.3. The highest BCUT2D eigenvalue weighted by atomic mass is 16.4. The van der Waals surface area contributed by atoms with Gasteiger partial charge in [-0.05, 0) is 71.8 Å². The Kier molecular flexibility index (Phi) is 43.2. The monoisotopic (exact) mass is 1510 g/mol. The maximum atomic E-state index is 14.2. The van der Waals surface area contributed by atoms with Gasteiger partial charge in [-0.2, -0.15) is 0 Å². The Morgan fingerprint density at radius 1 is 0.419 bits per heavy atom. The van der Waals surface area contributed by atoms with Crippen LogP contribution in [-0.2, 0) is 86.3 Å². The Balaban J connectivity index is 3.04. The van der Waals surface area contributed by atoms with Gasteiger partial charge in [-0.15, -0.1) is 0 Å². The molecule has 105 heavy (non-hydrogen) atoms. The number of likely N-dealkylation sites (tertiary alicyclic amines) is 1. The maximum Gasteiger partial charge on any atom is 0.322 e. The van der Waals surface area contributed by atoms with E-state index in [4.69, 9.17) is 28.0 Å². The molecule has 0 aromatic rings. The van der Waals surface area contributed by atoms with Crippen LogP contribution in [0.5, 0.6) is 0 Å². The fraction of sp³-hybridized carbons (Fsp3) is 0.667. The van der Waals surface area contributed by atoms with Crippen LogP contribution in [0.25, 0.3) is 0 Å². The van der Waals surface area contributed by atoms with E-state index in [1.807, 2.05) is 10.6 Å². The van der Waals surface area contributed by atoms with E-state index in [1.165, 1.54) is 0 Å². The number of aliphatic imine (C=N–C) groups is 1. The van der Waals surface area contributed by atoms with Gasteiger partial charge in [0.25, 0.3) is 0 Å². The smallest absolute Gasteiger partial charge is 0.322 e. The van der Waals surface area contributed by atoms with Crippen LogP contribution in [-0.4, -0.2) is 334 Å². The van der Waals surface area contributed by atoms with Crippen molar-refractivity contribution in [3.63, 3.8) is 0 Å². The number of nitrogens with zero attached hydrogens (tertiary/aromatic N) is 2. The largest absolute Gasteiger partial charge is 0.481 e. The number of nitrogens with two attached hydrogens (primary N) is 4. The minimum absolute atomic E-state index is 0.0248. The van der Waals surface area contributed by atoms with E-state index >= 15 is 0 Å². The van der Waals surface area contributed by atoms with E-state index in [-0.39, 0.29) is 64.1 Å². The first-order chi connectivity index (χ1) is 49.5. The average molecular weight is 1510 g/mol. The molecule has 48 nitrogen and oxygen atoms in total. The Hall–Kier alpha value is -10.6. The van der Waals surface area contributed by atoms with Crippen LogP contribution in [0.3, 0.4) is 0 Å². The van der Waals surface area contributed by atoms with E-state index in [0.29, 0.717) is 6.42 Å². The van der Waals surface area contributed by atoms with Crippen LogP contribution >= 0.6 is 0 Å². The standard InChI is InChI=1S/C57H97N21O27/c1-26(84)44(54(103)73-28(7-3-4-12-58)46(95)67-20-43(93)94)76-52(101)35(25-83)72-41(90)18-63-47(96)29(10-11-42(91)92)68-38(87)16-65-49(98)32(22-80)74-53(102)36-9-6-14-78(36)56(105)30(8-5-13-62-57(60)61)69-39(88)17-64-48(97)31(21-79)71-40(89)19-66-50(99)33(23-81)75-55(104)45(27(2)85)77-51(100)34(24-82)70-37(86)15-59/h26-36,44-45,79-85H,3-25,58-59H2,1-2H3,(H,63,96)(H,64,97)(H,65,98)(H,66,99)(H,67,95)(H,68,87)(H,69,88)(H,70,86)(H,71,89)(H,72,90)(H,73,103)(H,74,102)(H,75,104)(H,76,101)(H,77,100)(H,91,92)(H,93,94)(H4,60,61,62)/t26-,27-,28+,29+,30+,31+,32+,33+,34+,35+,36+,44+,45+/m1/s1. The highest BCUT2D eigenvalue weighted by Gasteiger charge is 2.40. The second-order valence-corrected chi connectivity index (χ2v) is 23.2. The molecule has 0 bridgehead atoms. The summed E-state index contributed by atoms with van der Waals surface area (Å²) in [6.07, 6.45) is -4.08. The van der Waals surface area contributed by atoms with E-state index in [9.17, 15) is 127 Å². The summed E-state index contributed by atoms with van der Waals surface area (Å²) in [6, 6.07) is -18.5. The molecule has 0 aromatic carbocycles. The van der Waals surface area contributed by atoms with Crippen molar-refractivity contribution in [2.24, 2.45) is 27.9 Å². The van der Waals surface area contributed by atoms with Gasteiger partial charge in [-0.3, -0.25) is 91.3 Å². The molecular weight excluding hydrogens is 1410 g/mol. The number of aliphatic hydroxyl groups excluding tert-OH is 7. The third kappa shape index (κ3) is 34.9. The normalized spacial score (nSPS) is 15.7. The van der Waals surface area contributed by atoms with Crippen molar-refractivity contribution in [3.8, 4) is 0 Å². The van der Waals surface area contributed by atoms with Gasteiger partial charge in [0.2, 0.25) is 94.5 Å². The van der Waals surface area contributed by atoms with Gasteiger partial charge in [0, 0.05) is 19.5 Å². The lowest BCUT2D eigenvalue weighted by atomic mass is 10.1. The third-order valence-corrected chi connectivity index (χ3v) is 14.8. The Morgan fingerprint density at radius 2 is 0.781 bits per heavy atom. The fourth-order valence-electron chi connectivity index (χ4n) is 9.32. The number of carbonyl (C=O) groups is 18. The zero-order chi connectivity index (χ0) is 79.6. The predicted octanol–water partition coefficient (Wildman–Crippen LogP) is -17.8. The van der Waals surface area contributed by atoms with Crippen molar-refractivity contribution >= 4 is 112 Å². The molecule has 48 heteroatoms. The molecule has 1 fully saturated rings. The third-order valence-electron chi connectivity index (χ3n) is 14.8. The zero-order valence-corrected chi connectivity index (χ0v) is 57.3. The number of guanidine groups is 1. The number of carbonyl (C=O) groups excluding carboxylic acids is 16. The minimum Gasteiger partial charge on any atom is -0.481 e. The number of hydrogen-bond acceptors (Lipinski definition) is 28. The SMILES string of the molecule is C[C@@H](O)[C@H](NC(=O)[C@H](CO)NC(=O)CN)C(=O)N[C@@H](CO)C(=O)NCC(=O)N[C@@H](CO)C(=O)NCC(=O)N[C@@H](CCCN=C(N)N)C(=O)N1CCC[C@H]1C(=O)N[C@@H](CO)C(=O)NCC(=O)N[C@@H](CCC(=O)O)C(=O)NCC(=O)N[C@@H](CO)C(=O)N[C@H](C(=O)N[C@@H](CCCCN)C(=O)NCC(=O)O)[C@@H](C)O. The molecule has 16 amide bonds. The molecule has 1 aliphatic heterocycles. The number of rotatable bonds is 50. The van der Waals surface area contributed by atoms with Crippen molar-refractivity contribution in [2.45, 2.75) is 150 Å². The fourth-order valence-corrected chi connectivity index (χ4v) is 9.32. The summed E-state index contributed by atoms with van der Waals surface area (Å²) < 4.78 is 0. The predicted molar refractivity (Wildman–Crippen MR) is 354 cm³/mol. The van der Waals surface area contributed by atoms with Crippen LogP contribution in [0.4, 0.5) is 0 Å². The molecule has 13 atom stereocenters. The summed E-state index contributed by atoms with van der Waals surface area (Å²) in [5.74, 6) is -20.9. The van der Waals surface area contributed by atoms with Crippen LogP contribution in [0, 0.1) is 0 Å². The quantitative estimate of drug-likeness (QED) is 0.0153. The lowest BCUT2D eigenvalue weighted by molar-refractivity contribution is -0.142. The first-order valence-corrected chi connectivity index (χ1v) is 32.5. The number of aliphatic hydroxyl groups is 7. The van der Waals surface area contributed by atoms with E-state index in [0.717, 1.165) is 18.7 Å². The van der Waals surface area contributed by atoms with Crippen molar-refractivity contribution < 1.29 is 132 Å². The molecule has 1 saturated heterocycles. The second-order valence-electron chi connectivity index (χ2n) is 23.2. The summed E-state index contributed by atoms with van der Waals surface area (Å²) in [7, 11) is 0. The summed E-state index contributed by atoms with van der Waals surface area (Å²) in [5, 5.41) is 120. The van der Waals surface area contributed by atoms with Crippen LogP contribution in [0.15, 0.2) is 4.99 Å². The molecule has 1 rings (SSSR count). The lowest BCUT2D eigenvalue weighted by Crippen LogP contribution is -2.61. The van der Waals surface area contributed by atoms with Crippen molar-refractivity contribution in [1.82, 2.24) is 84.7 Å². The molecule has 0 unspecified atom stereocenters. The van der Waals surface area contributed by atoms with E-state index in [2.05, 4.69) is 74.1 Å². The lowest BCUT2D eigenvalue weighted by Gasteiger charge is -2.29. The number of amides is 16. The van der Waals surface area contributed by atoms with E-state index < -0.39 is 270 Å². The Morgan fingerprint density at radius 3 is 1.18 bits per heavy atom. The molecule has 1 heterocycles. The summed E-state index contributed by atoms with van der Waals surface area (Å²) in [4.78, 5) is 236. The topological polar surface area (TPSA) is 789 Å². The minimum atomic E-state index is -1.86.